The summed E-state index contributed by atoms with van der Waals surface area (Å²) in [6.07, 6.45) is 8.78. The summed E-state index contributed by atoms with van der Waals surface area (Å²) >= 11 is 0. The van der Waals surface area contributed by atoms with E-state index in [1.807, 2.05) is 19.0 Å². The number of rotatable bonds is 4. The number of anilines is 1. The lowest BCUT2D eigenvalue weighted by molar-refractivity contribution is 0.193. The number of nitrogens with two attached hydrogens (primary N) is 1. The van der Waals surface area contributed by atoms with Gasteiger partial charge >= 0.3 is 0 Å². The first-order chi connectivity index (χ1) is 9.09. The smallest absolute Gasteiger partial charge is 0.228 e. The molecule has 0 bridgehead atoms. The van der Waals surface area contributed by atoms with E-state index in [0.717, 1.165) is 12.8 Å². The van der Waals surface area contributed by atoms with E-state index in [0.29, 0.717) is 18.4 Å². The highest BCUT2D eigenvalue weighted by molar-refractivity contribution is 5.29. The summed E-state index contributed by atoms with van der Waals surface area (Å²) in [4.78, 5) is 10.4. The molecular formula is C14H24N4O. The first-order valence-electron chi connectivity index (χ1n) is 7.01. The summed E-state index contributed by atoms with van der Waals surface area (Å²) in [6, 6.07) is 1.78. The summed E-state index contributed by atoms with van der Waals surface area (Å²) in [7, 11) is 3.82. The minimum atomic E-state index is -0.195. The van der Waals surface area contributed by atoms with Gasteiger partial charge in [-0.25, -0.2) is 4.98 Å². The monoisotopic (exact) mass is 264 g/mol. The van der Waals surface area contributed by atoms with Crippen LogP contribution in [0.5, 0.6) is 5.88 Å². The molecule has 1 aromatic rings. The standard InChI is InChI=1S/C14H24N4O/c1-18(2)13-16-10-7-12(17-13)19-11-14(15)8-5-3-4-6-9-14/h7,10H,3-6,8-9,11,15H2,1-2H3. The zero-order chi connectivity index (χ0) is 13.7. The van der Waals surface area contributed by atoms with E-state index in [1.54, 1.807) is 12.3 Å². The lowest BCUT2D eigenvalue weighted by atomic mass is 9.93. The highest BCUT2D eigenvalue weighted by Crippen LogP contribution is 2.25. The van der Waals surface area contributed by atoms with Crippen LogP contribution in [0.25, 0.3) is 0 Å². The summed E-state index contributed by atoms with van der Waals surface area (Å²) in [6.45, 7) is 0.539. The molecule has 5 heteroatoms. The molecule has 1 heterocycles. The fourth-order valence-electron chi connectivity index (χ4n) is 2.42. The van der Waals surface area contributed by atoms with Gasteiger partial charge in [0.1, 0.15) is 6.61 Å². The van der Waals surface area contributed by atoms with Crippen LogP contribution >= 0.6 is 0 Å². The number of ether oxygens (including phenoxy) is 1. The van der Waals surface area contributed by atoms with Gasteiger partial charge in [-0.05, 0) is 12.8 Å². The third kappa shape index (κ3) is 4.06. The minimum Gasteiger partial charge on any atom is -0.476 e. The second-order valence-electron chi connectivity index (χ2n) is 5.65. The van der Waals surface area contributed by atoms with Gasteiger partial charge in [-0.2, -0.15) is 4.98 Å². The highest BCUT2D eigenvalue weighted by Gasteiger charge is 2.27. The SMILES string of the molecule is CN(C)c1nccc(OCC2(N)CCCCCC2)n1. The molecule has 2 rings (SSSR count). The van der Waals surface area contributed by atoms with E-state index < -0.39 is 0 Å². The Morgan fingerprint density at radius 1 is 1.26 bits per heavy atom. The molecule has 0 unspecified atom stereocenters. The summed E-state index contributed by atoms with van der Waals surface area (Å²) < 4.78 is 5.79. The van der Waals surface area contributed by atoms with Gasteiger partial charge in [0.25, 0.3) is 0 Å². The lowest BCUT2D eigenvalue weighted by Crippen LogP contribution is -2.45. The van der Waals surface area contributed by atoms with Crippen LogP contribution in [0, 0.1) is 0 Å². The van der Waals surface area contributed by atoms with Gasteiger partial charge in [0, 0.05) is 26.4 Å². The first-order valence-corrected chi connectivity index (χ1v) is 7.01. The van der Waals surface area contributed by atoms with Gasteiger partial charge in [0.05, 0.1) is 5.54 Å². The van der Waals surface area contributed by atoms with Crippen LogP contribution in [0.1, 0.15) is 38.5 Å². The zero-order valence-corrected chi connectivity index (χ0v) is 11.9. The van der Waals surface area contributed by atoms with Crippen molar-refractivity contribution in [3.8, 4) is 5.88 Å². The molecule has 0 spiro atoms. The van der Waals surface area contributed by atoms with E-state index in [-0.39, 0.29) is 5.54 Å². The first kappa shape index (κ1) is 14.1. The Morgan fingerprint density at radius 2 is 1.95 bits per heavy atom. The van der Waals surface area contributed by atoms with Crippen molar-refractivity contribution in [2.24, 2.45) is 5.73 Å². The Balaban J connectivity index is 1.95. The third-order valence-electron chi connectivity index (χ3n) is 3.62. The molecule has 0 saturated heterocycles. The molecule has 0 atom stereocenters. The van der Waals surface area contributed by atoms with Gasteiger partial charge in [-0.3, -0.25) is 0 Å². The molecule has 19 heavy (non-hydrogen) atoms. The number of aromatic nitrogens is 2. The zero-order valence-electron chi connectivity index (χ0n) is 11.9. The molecule has 0 amide bonds. The van der Waals surface area contributed by atoms with Gasteiger partial charge in [0.2, 0.25) is 11.8 Å². The molecule has 1 aromatic heterocycles. The average Bonchev–Trinajstić information content (AvgIpc) is 2.62. The van der Waals surface area contributed by atoms with Crippen molar-refractivity contribution >= 4 is 5.95 Å². The molecule has 1 fully saturated rings. The van der Waals surface area contributed by atoms with Crippen molar-refractivity contribution in [1.29, 1.82) is 0 Å². The second kappa shape index (κ2) is 6.19. The Bertz CT molecular complexity index is 400. The van der Waals surface area contributed by atoms with Gasteiger partial charge in [-0.1, -0.05) is 25.7 Å². The Kier molecular flexibility index (Phi) is 4.58. The van der Waals surface area contributed by atoms with Crippen molar-refractivity contribution < 1.29 is 4.74 Å². The predicted molar refractivity (Wildman–Crippen MR) is 76.5 cm³/mol. The molecule has 106 valence electrons. The lowest BCUT2D eigenvalue weighted by Gasteiger charge is -2.27. The van der Waals surface area contributed by atoms with Crippen LogP contribution in [0.15, 0.2) is 12.3 Å². The fourth-order valence-corrected chi connectivity index (χ4v) is 2.42. The summed E-state index contributed by atoms with van der Waals surface area (Å²) in [5, 5.41) is 0. The summed E-state index contributed by atoms with van der Waals surface area (Å²) in [5.74, 6) is 1.26. The van der Waals surface area contributed by atoms with Crippen molar-refractivity contribution in [1.82, 2.24) is 9.97 Å². The molecule has 0 aliphatic heterocycles. The molecule has 1 aliphatic rings. The van der Waals surface area contributed by atoms with Crippen LogP contribution in [0.3, 0.4) is 0 Å². The van der Waals surface area contributed by atoms with Crippen LogP contribution in [0.2, 0.25) is 0 Å². The van der Waals surface area contributed by atoms with Gasteiger partial charge in [0.15, 0.2) is 0 Å². The summed E-state index contributed by atoms with van der Waals surface area (Å²) in [5.41, 5.74) is 6.23. The van der Waals surface area contributed by atoms with E-state index in [4.69, 9.17) is 10.5 Å². The van der Waals surface area contributed by atoms with Crippen molar-refractivity contribution in [2.75, 3.05) is 25.6 Å². The molecule has 0 radical (unpaired) electrons. The van der Waals surface area contributed by atoms with E-state index in [9.17, 15) is 0 Å². The predicted octanol–water partition coefficient (Wildman–Crippen LogP) is 1.97. The van der Waals surface area contributed by atoms with Crippen LogP contribution < -0.4 is 15.4 Å². The van der Waals surface area contributed by atoms with Crippen molar-refractivity contribution in [2.45, 2.75) is 44.1 Å². The third-order valence-corrected chi connectivity index (χ3v) is 3.62. The number of hydrogen-bond acceptors (Lipinski definition) is 5. The molecular weight excluding hydrogens is 240 g/mol. The molecule has 1 saturated carbocycles. The van der Waals surface area contributed by atoms with E-state index >= 15 is 0 Å². The van der Waals surface area contributed by atoms with E-state index in [1.165, 1.54) is 25.7 Å². The maximum atomic E-state index is 6.43. The second-order valence-corrected chi connectivity index (χ2v) is 5.65. The van der Waals surface area contributed by atoms with Gasteiger partial charge in [-0.15, -0.1) is 0 Å². The van der Waals surface area contributed by atoms with Crippen molar-refractivity contribution in [3.05, 3.63) is 12.3 Å². The van der Waals surface area contributed by atoms with Crippen molar-refractivity contribution in [3.63, 3.8) is 0 Å². The average molecular weight is 264 g/mol. The quantitative estimate of drug-likeness (QED) is 0.842. The number of hydrogen-bond donors (Lipinski definition) is 1. The molecule has 2 N–H and O–H groups in total. The topological polar surface area (TPSA) is 64.3 Å². The molecule has 0 aromatic carbocycles. The Hall–Kier alpha value is -1.36. The highest BCUT2D eigenvalue weighted by atomic mass is 16.5. The number of nitrogens with zero attached hydrogens (tertiary/aromatic N) is 3. The maximum absolute atomic E-state index is 6.43. The Morgan fingerprint density at radius 3 is 2.58 bits per heavy atom. The Labute approximate surface area is 115 Å². The molecule has 5 nitrogen and oxygen atoms in total. The largest absolute Gasteiger partial charge is 0.476 e. The minimum absolute atomic E-state index is 0.195. The van der Waals surface area contributed by atoms with Crippen LogP contribution in [0.4, 0.5) is 5.95 Å². The van der Waals surface area contributed by atoms with Gasteiger partial charge < -0.3 is 15.4 Å². The maximum Gasteiger partial charge on any atom is 0.228 e. The normalized spacial score (nSPS) is 18.7. The van der Waals surface area contributed by atoms with E-state index in [2.05, 4.69) is 9.97 Å². The van der Waals surface area contributed by atoms with Crippen LogP contribution in [-0.2, 0) is 0 Å². The van der Waals surface area contributed by atoms with Crippen LogP contribution in [-0.4, -0.2) is 36.2 Å². The fraction of sp³-hybridized carbons (Fsp3) is 0.714. The molecule has 1 aliphatic carbocycles.